The maximum atomic E-state index is 5.54. The minimum atomic E-state index is 0.252. The SMILES string of the molecule is CCOCCCNCC(C)N. The Morgan fingerprint density at radius 1 is 1.55 bits per heavy atom. The molecule has 0 radical (unpaired) electrons. The number of nitrogens with two attached hydrogens (primary N) is 1. The highest BCUT2D eigenvalue weighted by Crippen LogP contribution is 1.80. The van der Waals surface area contributed by atoms with E-state index in [1.165, 1.54) is 0 Å². The molecule has 0 aliphatic rings. The number of nitrogens with one attached hydrogen (secondary N) is 1. The summed E-state index contributed by atoms with van der Waals surface area (Å²) in [7, 11) is 0. The topological polar surface area (TPSA) is 47.3 Å². The van der Waals surface area contributed by atoms with E-state index in [9.17, 15) is 0 Å². The first-order chi connectivity index (χ1) is 5.27. The molecule has 3 N–H and O–H groups in total. The predicted octanol–water partition coefficient (Wildman–Crippen LogP) is 0.350. The number of ether oxygens (including phenoxy) is 1. The molecule has 0 aromatic carbocycles. The van der Waals surface area contributed by atoms with E-state index in [-0.39, 0.29) is 6.04 Å². The molecule has 0 aromatic rings. The maximum absolute atomic E-state index is 5.54. The van der Waals surface area contributed by atoms with Crippen LogP contribution in [0.15, 0.2) is 0 Å². The standard InChI is InChI=1S/C8H20N2O/c1-3-11-6-4-5-10-7-8(2)9/h8,10H,3-7,9H2,1-2H3. The summed E-state index contributed by atoms with van der Waals surface area (Å²) in [6, 6.07) is 0.252. The number of rotatable bonds is 7. The summed E-state index contributed by atoms with van der Waals surface area (Å²) < 4.78 is 5.17. The Labute approximate surface area is 69.3 Å². The lowest BCUT2D eigenvalue weighted by atomic mass is 10.3. The molecule has 0 aliphatic carbocycles. The van der Waals surface area contributed by atoms with E-state index in [2.05, 4.69) is 5.32 Å². The van der Waals surface area contributed by atoms with Crippen LogP contribution in [0.4, 0.5) is 0 Å². The first-order valence-electron chi connectivity index (χ1n) is 4.31. The molecule has 0 amide bonds. The van der Waals surface area contributed by atoms with Crippen molar-refractivity contribution in [2.24, 2.45) is 5.73 Å². The van der Waals surface area contributed by atoms with Crippen LogP contribution in [0, 0.1) is 0 Å². The fourth-order valence-electron chi connectivity index (χ4n) is 0.773. The van der Waals surface area contributed by atoms with Crippen LogP contribution in [0.2, 0.25) is 0 Å². The molecule has 0 aromatic heterocycles. The van der Waals surface area contributed by atoms with Crippen molar-refractivity contribution in [3.8, 4) is 0 Å². The van der Waals surface area contributed by atoms with Crippen molar-refractivity contribution in [3.63, 3.8) is 0 Å². The van der Waals surface area contributed by atoms with Crippen LogP contribution in [0.25, 0.3) is 0 Å². The van der Waals surface area contributed by atoms with Gasteiger partial charge in [0.2, 0.25) is 0 Å². The largest absolute Gasteiger partial charge is 0.382 e. The van der Waals surface area contributed by atoms with Crippen molar-refractivity contribution in [1.82, 2.24) is 5.32 Å². The van der Waals surface area contributed by atoms with Gasteiger partial charge in [-0.05, 0) is 26.8 Å². The lowest BCUT2D eigenvalue weighted by molar-refractivity contribution is 0.144. The highest BCUT2D eigenvalue weighted by molar-refractivity contribution is 4.56. The molecule has 1 unspecified atom stereocenters. The van der Waals surface area contributed by atoms with Crippen molar-refractivity contribution in [1.29, 1.82) is 0 Å². The normalized spacial score (nSPS) is 13.4. The van der Waals surface area contributed by atoms with Gasteiger partial charge >= 0.3 is 0 Å². The third-order valence-electron chi connectivity index (χ3n) is 1.31. The Morgan fingerprint density at radius 2 is 2.27 bits per heavy atom. The smallest absolute Gasteiger partial charge is 0.0477 e. The Bertz CT molecular complexity index is 76.5. The average molecular weight is 160 g/mol. The molecule has 11 heavy (non-hydrogen) atoms. The van der Waals surface area contributed by atoms with Crippen molar-refractivity contribution in [3.05, 3.63) is 0 Å². The van der Waals surface area contributed by atoms with Gasteiger partial charge in [-0.3, -0.25) is 0 Å². The molecule has 0 saturated carbocycles. The fourth-order valence-corrected chi connectivity index (χ4v) is 0.773. The molecule has 0 bridgehead atoms. The molecule has 1 atom stereocenters. The lowest BCUT2D eigenvalue weighted by Crippen LogP contribution is -2.31. The molecule has 0 saturated heterocycles. The zero-order valence-corrected chi connectivity index (χ0v) is 7.60. The second-order valence-electron chi connectivity index (χ2n) is 2.73. The third kappa shape index (κ3) is 9.88. The molecule has 0 spiro atoms. The van der Waals surface area contributed by atoms with Gasteiger partial charge in [0.1, 0.15) is 0 Å². The summed E-state index contributed by atoms with van der Waals surface area (Å²) in [5, 5.41) is 3.24. The van der Waals surface area contributed by atoms with Crippen LogP contribution in [-0.2, 0) is 4.74 Å². The Balaban J connectivity index is 2.80. The van der Waals surface area contributed by atoms with Crippen molar-refractivity contribution in [2.75, 3.05) is 26.3 Å². The molecule has 3 nitrogen and oxygen atoms in total. The van der Waals surface area contributed by atoms with Crippen molar-refractivity contribution in [2.45, 2.75) is 26.3 Å². The summed E-state index contributed by atoms with van der Waals surface area (Å²) in [5.41, 5.74) is 5.54. The van der Waals surface area contributed by atoms with Crippen molar-refractivity contribution < 1.29 is 4.74 Å². The van der Waals surface area contributed by atoms with Crippen LogP contribution >= 0.6 is 0 Å². The Hall–Kier alpha value is -0.120. The zero-order valence-electron chi connectivity index (χ0n) is 7.60. The van der Waals surface area contributed by atoms with E-state index in [0.29, 0.717) is 0 Å². The number of hydrogen-bond acceptors (Lipinski definition) is 3. The molecule has 0 rings (SSSR count). The minimum absolute atomic E-state index is 0.252. The third-order valence-corrected chi connectivity index (χ3v) is 1.31. The van der Waals surface area contributed by atoms with Gasteiger partial charge in [-0.25, -0.2) is 0 Å². The molecule has 0 heterocycles. The van der Waals surface area contributed by atoms with Gasteiger partial charge in [-0.15, -0.1) is 0 Å². The van der Waals surface area contributed by atoms with E-state index in [0.717, 1.165) is 32.7 Å². The van der Waals surface area contributed by atoms with E-state index in [4.69, 9.17) is 10.5 Å². The van der Waals surface area contributed by atoms with Gasteiger partial charge in [0.25, 0.3) is 0 Å². The monoisotopic (exact) mass is 160 g/mol. The van der Waals surface area contributed by atoms with Crippen LogP contribution in [-0.4, -0.2) is 32.3 Å². The van der Waals surface area contributed by atoms with Gasteiger partial charge in [0, 0.05) is 25.8 Å². The summed E-state index contributed by atoms with van der Waals surface area (Å²) >= 11 is 0. The first kappa shape index (κ1) is 10.9. The molecule has 3 heteroatoms. The number of hydrogen-bond donors (Lipinski definition) is 2. The molecule has 68 valence electrons. The Morgan fingerprint density at radius 3 is 2.82 bits per heavy atom. The van der Waals surface area contributed by atoms with Crippen LogP contribution < -0.4 is 11.1 Å². The van der Waals surface area contributed by atoms with Crippen LogP contribution in [0.3, 0.4) is 0 Å². The summed E-state index contributed by atoms with van der Waals surface area (Å²) in [5.74, 6) is 0. The molecule has 0 aliphatic heterocycles. The average Bonchev–Trinajstić information content (AvgIpc) is 1.96. The second kappa shape index (κ2) is 7.98. The minimum Gasteiger partial charge on any atom is -0.382 e. The summed E-state index contributed by atoms with van der Waals surface area (Å²) in [6.45, 7) is 7.56. The first-order valence-corrected chi connectivity index (χ1v) is 4.31. The second-order valence-corrected chi connectivity index (χ2v) is 2.73. The molecular weight excluding hydrogens is 140 g/mol. The van der Waals surface area contributed by atoms with Crippen LogP contribution in [0.5, 0.6) is 0 Å². The highest BCUT2D eigenvalue weighted by atomic mass is 16.5. The predicted molar refractivity (Wildman–Crippen MR) is 47.6 cm³/mol. The van der Waals surface area contributed by atoms with E-state index in [1.54, 1.807) is 0 Å². The summed E-state index contributed by atoms with van der Waals surface area (Å²) in [6.07, 6.45) is 1.07. The van der Waals surface area contributed by atoms with Crippen molar-refractivity contribution >= 4 is 0 Å². The van der Waals surface area contributed by atoms with E-state index >= 15 is 0 Å². The van der Waals surface area contributed by atoms with Gasteiger partial charge in [-0.2, -0.15) is 0 Å². The molecule has 0 fully saturated rings. The fraction of sp³-hybridized carbons (Fsp3) is 1.00. The zero-order chi connectivity index (χ0) is 8.53. The lowest BCUT2D eigenvalue weighted by Gasteiger charge is -2.06. The van der Waals surface area contributed by atoms with Gasteiger partial charge < -0.3 is 15.8 Å². The Kier molecular flexibility index (Phi) is 7.89. The van der Waals surface area contributed by atoms with Crippen LogP contribution in [0.1, 0.15) is 20.3 Å². The van der Waals surface area contributed by atoms with Gasteiger partial charge in [0.15, 0.2) is 0 Å². The summed E-state index contributed by atoms with van der Waals surface area (Å²) in [4.78, 5) is 0. The quantitative estimate of drug-likeness (QED) is 0.528. The maximum Gasteiger partial charge on any atom is 0.0477 e. The van der Waals surface area contributed by atoms with E-state index < -0.39 is 0 Å². The van der Waals surface area contributed by atoms with Gasteiger partial charge in [0.05, 0.1) is 0 Å². The molecular formula is C8H20N2O. The highest BCUT2D eigenvalue weighted by Gasteiger charge is 1.91. The van der Waals surface area contributed by atoms with Gasteiger partial charge in [-0.1, -0.05) is 0 Å². The van der Waals surface area contributed by atoms with E-state index in [1.807, 2.05) is 13.8 Å².